The Hall–Kier alpha value is -1.47. The minimum atomic E-state index is -0.533. The van der Waals surface area contributed by atoms with Crippen molar-refractivity contribution in [1.29, 1.82) is 0 Å². The molecule has 0 atom stereocenters. The van der Waals surface area contributed by atoms with Crippen molar-refractivity contribution in [2.24, 2.45) is 5.41 Å². The highest BCUT2D eigenvalue weighted by molar-refractivity contribution is 7.13. The molecule has 0 unspecified atom stereocenters. The van der Waals surface area contributed by atoms with Gasteiger partial charge >= 0.3 is 0 Å². The zero-order chi connectivity index (χ0) is 15.2. The van der Waals surface area contributed by atoms with Crippen LogP contribution in [0.5, 0.6) is 0 Å². The van der Waals surface area contributed by atoms with E-state index in [1.807, 2.05) is 20.8 Å². The zero-order valence-corrected chi connectivity index (χ0v) is 13.1. The minimum Gasteiger partial charge on any atom is -0.383 e. The normalized spacial score (nSPS) is 11.2. The van der Waals surface area contributed by atoms with Crippen molar-refractivity contribution in [3.63, 3.8) is 0 Å². The third kappa shape index (κ3) is 5.26. The first kappa shape index (κ1) is 16.6. The number of carbonyl (C=O) groups is 2. The molecule has 20 heavy (non-hydrogen) atoms. The van der Waals surface area contributed by atoms with Gasteiger partial charge in [-0.2, -0.15) is 0 Å². The molecule has 0 spiro atoms. The molecule has 0 aliphatic rings. The summed E-state index contributed by atoms with van der Waals surface area (Å²) in [5.41, 5.74) is -0.533. The summed E-state index contributed by atoms with van der Waals surface area (Å²) in [7, 11) is 1.56. The number of methoxy groups -OCH3 is 1. The maximum Gasteiger partial charge on any atom is 0.245 e. The van der Waals surface area contributed by atoms with E-state index >= 15 is 0 Å². The summed E-state index contributed by atoms with van der Waals surface area (Å²) < 4.78 is 4.99. The molecule has 112 valence electrons. The number of carbonyl (C=O) groups excluding carboxylic acids is 2. The van der Waals surface area contributed by atoms with Gasteiger partial charge in [-0.05, 0) is 0 Å². The molecule has 6 nitrogen and oxygen atoms in total. The molecule has 0 aliphatic carbocycles. The lowest BCUT2D eigenvalue weighted by atomic mass is 9.94. The molecule has 1 aromatic heterocycles. The van der Waals surface area contributed by atoms with Crippen LogP contribution in [0.25, 0.3) is 0 Å². The molecule has 0 fully saturated rings. The Labute approximate surface area is 123 Å². The topological polar surface area (TPSA) is 71.5 Å². The second-order valence-corrected chi connectivity index (χ2v) is 6.25. The van der Waals surface area contributed by atoms with Crippen molar-refractivity contribution in [2.45, 2.75) is 20.8 Å². The molecule has 0 aromatic carbocycles. The number of nitrogens with zero attached hydrogens (tertiary/aromatic N) is 2. The van der Waals surface area contributed by atoms with Crippen molar-refractivity contribution in [3.8, 4) is 0 Å². The van der Waals surface area contributed by atoms with E-state index in [0.29, 0.717) is 18.3 Å². The number of thiazole rings is 1. The summed E-state index contributed by atoms with van der Waals surface area (Å²) in [6.45, 7) is 6.26. The van der Waals surface area contributed by atoms with Gasteiger partial charge in [0.05, 0.1) is 6.61 Å². The summed E-state index contributed by atoms with van der Waals surface area (Å²) in [6.07, 6.45) is 1.61. The molecule has 7 heteroatoms. The highest BCUT2D eigenvalue weighted by atomic mass is 32.1. The van der Waals surface area contributed by atoms with Crippen molar-refractivity contribution in [3.05, 3.63) is 11.6 Å². The highest BCUT2D eigenvalue weighted by Crippen LogP contribution is 2.17. The third-order valence-electron chi connectivity index (χ3n) is 2.51. The van der Waals surface area contributed by atoms with Crippen LogP contribution in [-0.2, 0) is 14.3 Å². The first-order chi connectivity index (χ1) is 9.34. The van der Waals surface area contributed by atoms with Gasteiger partial charge in [0.2, 0.25) is 11.8 Å². The van der Waals surface area contributed by atoms with Crippen LogP contribution in [0.2, 0.25) is 0 Å². The number of rotatable bonds is 6. The second kappa shape index (κ2) is 7.35. The number of amides is 2. The van der Waals surface area contributed by atoms with E-state index in [-0.39, 0.29) is 18.4 Å². The van der Waals surface area contributed by atoms with Crippen LogP contribution < -0.4 is 5.32 Å². The predicted octanol–water partition coefficient (Wildman–Crippen LogP) is 1.60. The number of hydrogen-bond acceptors (Lipinski definition) is 5. The summed E-state index contributed by atoms with van der Waals surface area (Å²) in [5.74, 6) is -0.336. The maximum absolute atomic E-state index is 12.3. The Morgan fingerprint density at radius 3 is 2.65 bits per heavy atom. The van der Waals surface area contributed by atoms with Crippen molar-refractivity contribution in [1.82, 2.24) is 9.88 Å². The van der Waals surface area contributed by atoms with E-state index in [9.17, 15) is 9.59 Å². The Balaban J connectivity index is 2.64. The Bertz CT molecular complexity index is 440. The van der Waals surface area contributed by atoms with Crippen molar-refractivity contribution in [2.75, 3.05) is 32.1 Å². The van der Waals surface area contributed by atoms with Crippen LogP contribution in [0.15, 0.2) is 11.6 Å². The minimum absolute atomic E-state index is 0.000949. The second-order valence-electron chi connectivity index (χ2n) is 5.35. The van der Waals surface area contributed by atoms with Crippen LogP contribution in [0, 0.1) is 5.41 Å². The fourth-order valence-electron chi connectivity index (χ4n) is 1.55. The summed E-state index contributed by atoms with van der Waals surface area (Å²) in [4.78, 5) is 29.7. The number of ether oxygens (including phenoxy) is 1. The maximum atomic E-state index is 12.3. The van der Waals surface area contributed by atoms with Crippen molar-refractivity contribution >= 4 is 28.3 Å². The average molecular weight is 299 g/mol. The fourth-order valence-corrected chi connectivity index (χ4v) is 2.09. The zero-order valence-electron chi connectivity index (χ0n) is 12.3. The summed E-state index contributed by atoms with van der Waals surface area (Å²) in [5, 5.41) is 4.98. The van der Waals surface area contributed by atoms with E-state index in [1.165, 1.54) is 16.2 Å². The van der Waals surface area contributed by atoms with Crippen molar-refractivity contribution < 1.29 is 14.3 Å². The van der Waals surface area contributed by atoms with Crippen LogP contribution in [-0.4, -0.2) is 48.5 Å². The Morgan fingerprint density at radius 2 is 2.15 bits per heavy atom. The summed E-state index contributed by atoms with van der Waals surface area (Å²) >= 11 is 1.34. The van der Waals surface area contributed by atoms with Gasteiger partial charge in [0.15, 0.2) is 5.13 Å². The summed E-state index contributed by atoms with van der Waals surface area (Å²) in [6, 6.07) is 0. The molecule has 1 heterocycles. The van der Waals surface area contributed by atoms with E-state index in [1.54, 1.807) is 18.7 Å². The van der Waals surface area contributed by atoms with E-state index in [2.05, 4.69) is 10.3 Å². The number of anilines is 1. The van der Waals surface area contributed by atoms with Gasteiger partial charge in [-0.3, -0.25) is 9.59 Å². The molecule has 0 saturated heterocycles. The molecule has 0 bridgehead atoms. The fraction of sp³-hybridized carbons (Fsp3) is 0.615. The van der Waals surface area contributed by atoms with Gasteiger partial charge in [0, 0.05) is 30.6 Å². The molecule has 0 radical (unpaired) electrons. The quantitative estimate of drug-likeness (QED) is 0.866. The van der Waals surface area contributed by atoms with Crippen LogP contribution in [0.4, 0.5) is 5.13 Å². The van der Waals surface area contributed by atoms with Gasteiger partial charge in [0.25, 0.3) is 0 Å². The van der Waals surface area contributed by atoms with Crippen LogP contribution in [0.1, 0.15) is 20.8 Å². The Kier molecular flexibility index (Phi) is 6.09. The third-order valence-corrected chi connectivity index (χ3v) is 3.20. The number of aromatic nitrogens is 1. The molecule has 1 rings (SSSR count). The molecule has 2 amide bonds. The smallest absolute Gasteiger partial charge is 0.245 e. The van der Waals surface area contributed by atoms with Gasteiger partial charge in [0.1, 0.15) is 6.54 Å². The Morgan fingerprint density at radius 1 is 1.45 bits per heavy atom. The van der Waals surface area contributed by atoms with E-state index in [0.717, 1.165) is 0 Å². The van der Waals surface area contributed by atoms with E-state index < -0.39 is 5.41 Å². The lowest BCUT2D eigenvalue weighted by molar-refractivity contribution is -0.142. The van der Waals surface area contributed by atoms with Crippen LogP contribution >= 0.6 is 11.3 Å². The van der Waals surface area contributed by atoms with Gasteiger partial charge in [-0.15, -0.1) is 11.3 Å². The van der Waals surface area contributed by atoms with Gasteiger partial charge in [-0.25, -0.2) is 4.98 Å². The average Bonchev–Trinajstić information content (AvgIpc) is 2.85. The molecule has 1 aromatic rings. The largest absolute Gasteiger partial charge is 0.383 e. The predicted molar refractivity (Wildman–Crippen MR) is 78.7 cm³/mol. The first-order valence-corrected chi connectivity index (χ1v) is 7.20. The lowest BCUT2D eigenvalue weighted by Crippen LogP contribution is -2.45. The molecule has 0 saturated carbocycles. The molecule has 0 aliphatic heterocycles. The SMILES string of the molecule is COCCN(CC(=O)Nc1nccs1)C(=O)C(C)(C)C. The monoisotopic (exact) mass is 299 g/mol. The molecular weight excluding hydrogens is 278 g/mol. The number of hydrogen-bond donors (Lipinski definition) is 1. The van der Waals surface area contributed by atoms with Gasteiger partial charge in [-0.1, -0.05) is 20.8 Å². The number of nitrogens with one attached hydrogen (secondary N) is 1. The van der Waals surface area contributed by atoms with Crippen LogP contribution in [0.3, 0.4) is 0 Å². The standard InChI is InChI=1S/C13H21N3O3S/c1-13(2,3)11(18)16(6-7-19-4)9-10(17)15-12-14-5-8-20-12/h5,8H,6-7,9H2,1-4H3,(H,14,15,17). The molecular formula is C13H21N3O3S. The lowest BCUT2D eigenvalue weighted by Gasteiger charge is -2.28. The molecule has 1 N–H and O–H groups in total. The first-order valence-electron chi connectivity index (χ1n) is 6.32. The van der Waals surface area contributed by atoms with Gasteiger partial charge < -0.3 is 15.0 Å². The highest BCUT2D eigenvalue weighted by Gasteiger charge is 2.28. The van der Waals surface area contributed by atoms with E-state index in [4.69, 9.17) is 4.74 Å².